The van der Waals surface area contributed by atoms with E-state index in [9.17, 15) is 14.7 Å². The smallest absolute Gasteiger partial charge is 0.372 e. The maximum absolute atomic E-state index is 12.0. The van der Waals surface area contributed by atoms with Crippen molar-refractivity contribution in [3.05, 3.63) is 24.5 Å². The second-order valence-electron chi connectivity index (χ2n) is 4.69. The molecule has 21 heavy (non-hydrogen) atoms. The lowest BCUT2D eigenvalue weighted by Gasteiger charge is -2.37. The number of aliphatic hydroxyl groups is 1. The van der Waals surface area contributed by atoms with Crippen LogP contribution in [0.25, 0.3) is 0 Å². The molecule has 1 aliphatic carbocycles. The fourth-order valence-corrected chi connectivity index (χ4v) is 2.46. The molecule has 0 unspecified atom stereocenters. The summed E-state index contributed by atoms with van der Waals surface area (Å²) in [6.45, 7) is 3.61. The molecular formula is C13H16N2O6. The molecule has 0 aromatic heterocycles. The Morgan fingerprint density at radius 2 is 2.10 bits per heavy atom. The molecule has 2 aliphatic rings. The van der Waals surface area contributed by atoms with Gasteiger partial charge in [-0.3, -0.25) is 0 Å². The fraction of sp³-hybridized carbons (Fsp3) is 0.538. The van der Waals surface area contributed by atoms with Crippen LogP contribution in [0.5, 0.6) is 0 Å². The number of rotatable bonds is 4. The SMILES string of the molecule is C=C(O[C@H]1[C@H](O)C=C[C@@]2(C(=O)OC)N=NC[C@@H]12)C(=O)OC. The van der Waals surface area contributed by atoms with Crippen molar-refractivity contribution in [3.63, 3.8) is 0 Å². The first-order chi connectivity index (χ1) is 9.96. The van der Waals surface area contributed by atoms with Gasteiger partial charge in [-0.15, -0.1) is 0 Å². The minimum atomic E-state index is -1.34. The van der Waals surface area contributed by atoms with Crippen LogP contribution in [0.15, 0.2) is 34.7 Å². The Balaban J connectivity index is 2.28. The van der Waals surface area contributed by atoms with Gasteiger partial charge in [0.2, 0.25) is 5.54 Å². The summed E-state index contributed by atoms with van der Waals surface area (Å²) in [5.41, 5.74) is -1.34. The van der Waals surface area contributed by atoms with Crippen molar-refractivity contribution in [1.29, 1.82) is 0 Å². The number of nitrogens with zero attached hydrogens (tertiary/aromatic N) is 2. The van der Waals surface area contributed by atoms with Gasteiger partial charge in [-0.2, -0.15) is 10.2 Å². The summed E-state index contributed by atoms with van der Waals surface area (Å²) < 4.78 is 14.6. The third kappa shape index (κ3) is 2.42. The van der Waals surface area contributed by atoms with Crippen molar-refractivity contribution in [2.45, 2.75) is 17.7 Å². The molecule has 2 rings (SSSR count). The van der Waals surface area contributed by atoms with Gasteiger partial charge in [0, 0.05) is 0 Å². The quantitative estimate of drug-likeness (QED) is 0.338. The number of carbonyl (C=O) groups is 2. The molecule has 0 saturated heterocycles. The summed E-state index contributed by atoms with van der Waals surface area (Å²) in [4.78, 5) is 23.4. The zero-order valence-corrected chi connectivity index (χ0v) is 11.7. The van der Waals surface area contributed by atoms with Crippen LogP contribution in [0.1, 0.15) is 0 Å². The Kier molecular flexibility index (Phi) is 4.08. The third-order valence-electron chi connectivity index (χ3n) is 3.56. The third-order valence-corrected chi connectivity index (χ3v) is 3.56. The summed E-state index contributed by atoms with van der Waals surface area (Å²) in [6.07, 6.45) is 0.881. The number of fused-ring (bicyclic) bond motifs is 1. The van der Waals surface area contributed by atoms with Crippen molar-refractivity contribution in [2.75, 3.05) is 20.8 Å². The van der Waals surface area contributed by atoms with Crippen LogP contribution in [0.2, 0.25) is 0 Å². The first kappa shape index (κ1) is 15.2. The Morgan fingerprint density at radius 3 is 2.71 bits per heavy atom. The average Bonchev–Trinajstić information content (AvgIpc) is 2.93. The van der Waals surface area contributed by atoms with Gasteiger partial charge < -0.3 is 19.3 Å². The number of esters is 2. The van der Waals surface area contributed by atoms with E-state index in [0.29, 0.717) is 0 Å². The summed E-state index contributed by atoms with van der Waals surface area (Å²) in [6, 6.07) is 0. The zero-order chi connectivity index (χ0) is 15.6. The molecule has 8 nitrogen and oxygen atoms in total. The predicted octanol–water partition coefficient (Wildman–Crippen LogP) is -0.0172. The molecule has 0 bridgehead atoms. The standard InChI is InChI=1S/C13H16N2O6/c1-7(11(17)19-2)21-10-8-6-14-15-13(8,12(18)20-3)5-4-9(10)16/h4-5,8-10,16H,1,6H2,2-3H3/t8-,9+,10+,13+/m0/s1. The lowest BCUT2D eigenvalue weighted by atomic mass is 9.75. The number of ether oxygens (including phenoxy) is 3. The number of carbonyl (C=O) groups excluding carboxylic acids is 2. The van der Waals surface area contributed by atoms with Crippen molar-refractivity contribution < 1.29 is 28.9 Å². The Labute approximate surface area is 121 Å². The van der Waals surface area contributed by atoms with E-state index >= 15 is 0 Å². The van der Waals surface area contributed by atoms with Gasteiger partial charge in [0.15, 0.2) is 5.76 Å². The molecule has 0 amide bonds. The molecule has 1 heterocycles. The fourth-order valence-electron chi connectivity index (χ4n) is 2.46. The Hall–Kier alpha value is -2.22. The largest absolute Gasteiger partial charge is 0.480 e. The minimum absolute atomic E-state index is 0.162. The number of hydrogen-bond donors (Lipinski definition) is 1. The van der Waals surface area contributed by atoms with E-state index in [1.54, 1.807) is 0 Å². The van der Waals surface area contributed by atoms with Crippen LogP contribution in [0.3, 0.4) is 0 Å². The van der Waals surface area contributed by atoms with E-state index in [0.717, 1.165) is 0 Å². The van der Waals surface area contributed by atoms with Gasteiger partial charge in [0.1, 0.15) is 12.2 Å². The molecule has 0 aromatic rings. The van der Waals surface area contributed by atoms with E-state index in [-0.39, 0.29) is 12.3 Å². The van der Waals surface area contributed by atoms with Crippen molar-refractivity contribution in [2.24, 2.45) is 16.1 Å². The van der Waals surface area contributed by atoms with Crippen molar-refractivity contribution >= 4 is 11.9 Å². The predicted molar refractivity (Wildman–Crippen MR) is 69.1 cm³/mol. The topological polar surface area (TPSA) is 107 Å². The van der Waals surface area contributed by atoms with Gasteiger partial charge >= 0.3 is 11.9 Å². The van der Waals surface area contributed by atoms with Gasteiger partial charge in [-0.1, -0.05) is 6.08 Å². The molecule has 114 valence electrons. The van der Waals surface area contributed by atoms with Gasteiger partial charge in [-0.05, 0) is 12.7 Å². The number of azo groups is 1. The summed E-state index contributed by atoms with van der Waals surface area (Å²) >= 11 is 0. The summed E-state index contributed by atoms with van der Waals surface area (Å²) in [7, 11) is 2.43. The summed E-state index contributed by atoms with van der Waals surface area (Å²) in [5, 5.41) is 17.9. The molecule has 0 aromatic carbocycles. The minimum Gasteiger partial charge on any atom is -0.480 e. The first-order valence-corrected chi connectivity index (χ1v) is 6.24. The lowest BCUT2D eigenvalue weighted by Crippen LogP contribution is -2.54. The second kappa shape index (κ2) is 5.65. The molecule has 0 fully saturated rings. The molecule has 0 radical (unpaired) electrons. The van der Waals surface area contributed by atoms with Crippen LogP contribution in [0, 0.1) is 5.92 Å². The maximum atomic E-state index is 12.0. The summed E-state index contributed by atoms with van der Waals surface area (Å²) in [5.74, 6) is -2.21. The molecule has 0 saturated carbocycles. The normalized spacial score (nSPS) is 33.2. The molecule has 0 spiro atoms. The van der Waals surface area contributed by atoms with E-state index < -0.39 is 35.6 Å². The highest BCUT2D eigenvalue weighted by Crippen LogP contribution is 2.40. The van der Waals surface area contributed by atoms with E-state index in [2.05, 4.69) is 21.5 Å². The number of methoxy groups -OCH3 is 2. The highest BCUT2D eigenvalue weighted by molar-refractivity contribution is 5.86. The molecule has 4 atom stereocenters. The Morgan fingerprint density at radius 1 is 1.38 bits per heavy atom. The highest BCUT2D eigenvalue weighted by Gasteiger charge is 2.56. The maximum Gasteiger partial charge on any atom is 0.372 e. The second-order valence-corrected chi connectivity index (χ2v) is 4.69. The van der Waals surface area contributed by atoms with Crippen LogP contribution in [-0.2, 0) is 23.8 Å². The van der Waals surface area contributed by atoms with Crippen LogP contribution in [-0.4, -0.2) is 55.6 Å². The van der Waals surface area contributed by atoms with Crippen LogP contribution in [0.4, 0.5) is 0 Å². The lowest BCUT2D eigenvalue weighted by molar-refractivity contribution is -0.151. The van der Waals surface area contributed by atoms with Gasteiger partial charge in [0.25, 0.3) is 0 Å². The highest BCUT2D eigenvalue weighted by atomic mass is 16.6. The Bertz CT molecular complexity index is 529. The van der Waals surface area contributed by atoms with Crippen LogP contribution >= 0.6 is 0 Å². The zero-order valence-electron chi connectivity index (χ0n) is 11.7. The average molecular weight is 296 g/mol. The monoisotopic (exact) mass is 296 g/mol. The van der Waals surface area contributed by atoms with E-state index in [1.165, 1.54) is 26.4 Å². The first-order valence-electron chi connectivity index (χ1n) is 6.24. The molecule has 8 heteroatoms. The van der Waals surface area contributed by atoms with Crippen molar-refractivity contribution in [3.8, 4) is 0 Å². The molecule has 1 aliphatic heterocycles. The number of hydrogen-bond acceptors (Lipinski definition) is 8. The van der Waals surface area contributed by atoms with Crippen molar-refractivity contribution in [1.82, 2.24) is 0 Å². The van der Waals surface area contributed by atoms with Crippen LogP contribution < -0.4 is 0 Å². The van der Waals surface area contributed by atoms with Gasteiger partial charge in [-0.25, -0.2) is 9.59 Å². The number of aliphatic hydroxyl groups excluding tert-OH is 1. The molecular weight excluding hydrogens is 280 g/mol. The van der Waals surface area contributed by atoms with E-state index in [4.69, 9.17) is 9.47 Å². The molecule has 1 N–H and O–H groups in total. The van der Waals surface area contributed by atoms with E-state index in [1.807, 2.05) is 0 Å². The van der Waals surface area contributed by atoms with Gasteiger partial charge in [0.05, 0.1) is 26.7 Å².